The number of benzene rings is 1. The average Bonchev–Trinajstić information content (AvgIpc) is 2.61. The standard InChI is InChI=1S/C15H24N2O2/c1-12-7-9-16-11-14(8-10-18)17(12)13-3-5-15(19-2)6-4-13/h3-6,12,14,16,18H,7-11H2,1-2H3. The summed E-state index contributed by atoms with van der Waals surface area (Å²) >= 11 is 0. The van der Waals surface area contributed by atoms with Crippen LogP contribution in [0, 0.1) is 0 Å². The quantitative estimate of drug-likeness (QED) is 0.867. The van der Waals surface area contributed by atoms with Crippen LogP contribution in [0.3, 0.4) is 0 Å². The number of aliphatic hydroxyl groups excluding tert-OH is 1. The lowest BCUT2D eigenvalue weighted by atomic mass is 10.1. The molecule has 0 radical (unpaired) electrons. The van der Waals surface area contributed by atoms with Crippen LogP contribution in [0.15, 0.2) is 24.3 Å². The molecular weight excluding hydrogens is 240 g/mol. The molecule has 2 unspecified atom stereocenters. The normalized spacial score (nSPS) is 24.1. The summed E-state index contributed by atoms with van der Waals surface area (Å²) in [6, 6.07) is 9.01. The van der Waals surface area contributed by atoms with Gasteiger partial charge in [0.1, 0.15) is 5.75 Å². The summed E-state index contributed by atoms with van der Waals surface area (Å²) in [6.45, 7) is 4.44. The highest BCUT2D eigenvalue weighted by molar-refractivity contribution is 5.51. The molecule has 1 aliphatic heterocycles. The molecule has 2 N–H and O–H groups in total. The van der Waals surface area contributed by atoms with Crippen LogP contribution in [0.2, 0.25) is 0 Å². The van der Waals surface area contributed by atoms with Crippen LogP contribution in [0.5, 0.6) is 5.75 Å². The Kier molecular flexibility index (Phi) is 5.05. The fraction of sp³-hybridized carbons (Fsp3) is 0.600. The Morgan fingerprint density at radius 1 is 1.37 bits per heavy atom. The Bertz CT molecular complexity index is 380. The van der Waals surface area contributed by atoms with Gasteiger partial charge in [0.05, 0.1) is 7.11 Å². The molecule has 4 nitrogen and oxygen atoms in total. The van der Waals surface area contributed by atoms with E-state index < -0.39 is 0 Å². The van der Waals surface area contributed by atoms with E-state index in [-0.39, 0.29) is 6.61 Å². The summed E-state index contributed by atoms with van der Waals surface area (Å²) < 4.78 is 5.21. The summed E-state index contributed by atoms with van der Waals surface area (Å²) in [6.07, 6.45) is 1.91. The van der Waals surface area contributed by atoms with Gasteiger partial charge in [0.15, 0.2) is 0 Å². The highest BCUT2D eigenvalue weighted by atomic mass is 16.5. The van der Waals surface area contributed by atoms with Gasteiger partial charge in [-0.15, -0.1) is 0 Å². The number of methoxy groups -OCH3 is 1. The van der Waals surface area contributed by atoms with Gasteiger partial charge in [-0.1, -0.05) is 0 Å². The van der Waals surface area contributed by atoms with E-state index in [9.17, 15) is 5.11 Å². The third kappa shape index (κ3) is 3.39. The van der Waals surface area contributed by atoms with Crippen molar-refractivity contribution in [2.75, 3.05) is 31.7 Å². The van der Waals surface area contributed by atoms with Crippen molar-refractivity contribution in [2.45, 2.75) is 31.8 Å². The van der Waals surface area contributed by atoms with Crippen LogP contribution in [0.1, 0.15) is 19.8 Å². The monoisotopic (exact) mass is 264 g/mol. The van der Waals surface area contributed by atoms with Crippen molar-refractivity contribution in [3.05, 3.63) is 24.3 Å². The molecule has 19 heavy (non-hydrogen) atoms. The number of ether oxygens (including phenoxy) is 1. The van der Waals surface area contributed by atoms with Crippen LogP contribution in [-0.4, -0.2) is 44.0 Å². The first-order valence-corrected chi connectivity index (χ1v) is 7.00. The lowest BCUT2D eigenvalue weighted by Crippen LogP contribution is -2.44. The summed E-state index contributed by atoms with van der Waals surface area (Å²) in [7, 11) is 1.68. The topological polar surface area (TPSA) is 44.7 Å². The van der Waals surface area contributed by atoms with Gasteiger partial charge in [0.25, 0.3) is 0 Å². The van der Waals surface area contributed by atoms with Crippen molar-refractivity contribution in [1.82, 2.24) is 5.32 Å². The molecule has 1 aliphatic rings. The van der Waals surface area contributed by atoms with E-state index in [0.29, 0.717) is 12.1 Å². The van der Waals surface area contributed by atoms with Crippen LogP contribution in [0.4, 0.5) is 5.69 Å². The summed E-state index contributed by atoms with van der Waals surface area (Å²) in [5, 5.41) is 12.7. The number of hydrogen-bond acceptors (Lipinski definition) is 4. The Morgan fingerprint density at radius 3 is 2.74 bits per heavy atom. The molecule has 1 saturated heterocycles. The predicted octanol–water partition coefficient (Wildman–Crippen LogP) is 1.63. The largest absolute Gasteiger partial charge is 0.497 e. The van der Waals surface area contributed by atoms with Gasteiger partial charge in [-0.25, -0.2) is 0 Å². The van der Waals surface area contributed by atoms with Gasteiger partial charge < -0.3 is 20.1 Å². The third-order valence-corrected chi connectivity index (χ3v) is 3.82. The average molecular weight is 264 g/mol. The fourth-order valence-corrected chi connectivity index (χ4v) is 2.79. The maximum atomic E-state index is 9.27. The summed E-state index contributed by atoms with van der Waals surface area (Å²) in [4.78, 5) is 2.43. The fourth-order valence-electron chi connectivity index (χ4n) is 2.79. The van der Waals surface area contributed by atoms with Crippen molar-refractivity contribution in [1.29, 1.82) is 0 Å². The molecule has 0 amide bonds. The smallest absolute Gasteiger partial charge is 0.119 e. The molecule has 0 spiro atoms. The molecule has 106 valence electrons. The van der Waals surface area contributed by atoms with Gasteiger partial charge in [-0.05, 0) is 50.6 Å². The summed E-state index contributed by atoms with van der Waals surface area (Å²) in [5.74, 6) is 0.878. The van der Waals surface area contributed by atoms with E-state index in [1.165, 1.54) is 5.69 Å². The summed E-state index contributed by atoms with van der Waals surface area (Å²) in [5.41, 5.74) is 1.20. The molecule has 0 bridgehead atoms. The number of rotatable bonds is 4. The van der Waals surface area contributed by atoms with Crippen LogP contribution in [-0.2, 0) is 0 Å². The lowest BCUT2D eigenvalue weighted by molar-refractivity contribution is 0.271. The van der Waals surface area contributed by atoms with Crippen molar-refractivity contribution in [3.63, 3.8) is 0 Å². The van der Waals surface area contributed by atoms with Gasteiger partial charge in [-0.2, -0.15) is 0 Å². The zero-order chi connectivity index (χ0) is 13.7. The number of hydrogen-bond donors (Lipinski definition) is 2. The molecule has 0 saturated carbocycles. The minimum absolute atomic E-state index is 0.228. The number of nitrogens with one attached hydrogen (secondary N) is 1. The van der Waals surface area contributed by atoms with E-state index >= 15 is 0 Å². The molecular formula is C15H24N2O2. The Labute approximate surface area is 115 Å². The molecule has 1 heterocycles. The number of anilines is 1. The minimum atomic E-state index is 0.228. The second kappa shape index (κ2) is 6.78. The van der Waals surface area contributed by atoms with E-state index in [2.05, 4.69) is 29.3 Å². The van der Waals surface area contributed by atoms with Crippen molar-refractivity contribution in [3.8, 4) is 5.75 Å². The highest BCUT2D eigenvalue weighted by Gasteiger charge is 2.25. The Hall–Kier alpha value is -1.26. The molecule has 1 aromatic rings. The van der Waals surface area contributed by atoms with Crippen molar-refractivity contribution < 1.29 is 9.84 Å². The Balaban J connectivity index is 2.23. The minimum Gasteiger partial charge on any atom is -0.497 e. The molecule has 4 heteroatoms. The van der Waals surface area contributed by atoms with E-state index in [4.69, 9.17) is 4.74 Å². The van der Waals surface area contributed by atoms with E-state index in [1.807, 2.05) is 12.1 Å². The maximum Gasteiger partial charge on any atom is 0.119 e. The van der Waals surface area contributed by atoms with Gasteiger partial charge in [0.2, 0.25) is 0 Å². The molecule has 1 fully saturated rings. The van der Waals surface area contributed by atoms with Crippen molar-refractivity contribution in [2.24, 2.45) is 0 Å². The van der Waals surface area contributed by atoms with E-state index in [0.717, 1.165) is 31.7 Å². The van der Waals surface area contributed by atoms with Crippen LogP contribution < -0.4 is 15.0 Å². The van der Waals surface area contributed by atoms with Gasteiger partial charge in [-0.3, -0.25) is 0 Å². The molecule has 0 aliphatic carbocycles. The highest BCUT2D eigenvalue weighted by Crippen LogP contribution is 2.26. The number of aliphatic hydroxyl groups is 1. The second-order valence-corrected chi connectivity index (χ2v) is 5.11. The molecule has 1 aromatic carbocycles. The molecule has 2 atom stereocenters. The zero-order valence-electron chi connectivity index (χ0n) is 11.8. The van der Waals surface area contributed by atoms with Crippen LogP contribution in [0.25, 0.3) is 0 Å². The van der Waals surface area contributed by atoms with E-state index in [1.54, 1.807) is 7.11 Å². The number of nitrogens with zero attached hydrogens (tertiary/aromatic N) is 1. The SMILES string of the molecule is COc1ccc(N2C(C)CCNCC2CCO)cc1. The molecule has 2 rings (SSSR count). The van der Waals surface area contributed by atoms with Gasteiger partial charge >= 0.3 is 0 Å². The first-order valence-electron chi connectivity index (χ1n) is 7.00. The third-order valence-electron chi connectivity index (χ3n) is 3.82. The van der Waals surface area contributed by atoms with Crippen molar-refractivity contribution >= 4 is 5.69 Å². The van der Waals surface area contributed by atoms with Gasteiger partial charge in [0, 0.05) is 30.9 Å². The first kappa shape index (κ1) is 14.2. The second-order valence-electron chi connectivity index (χ2n) is 5.11. The van der Waals surface area contributed by atoms with Crippen LogP contribution >= 0.6 is 0 Å². The molecule has 0 aromatic heterocycles. The Morgan fingerprint density at radius 2 is 2.11 bits per heavy atom. The predicted molar refractivity (Wildman–Crippen MR) is 77.9 cm³/mol. The first-order chi connectivity index (χ1) is 9.26. The maximum absolute atomic E-state index is 9.27. The lowest BCUT2D eigenvalue weighted by Gasteiger charge is -2.36. The zero-order valence-corrected chi connectivity index (χ0v) is 11.8.